The summed E-state index contributed by atoms with van der Waals surface area (Å²) in [6.07, 6.45) is 4.81. The van der Waals surface area contributed by atoms with Gasteiger partial charge in [0.2, 0.25) is 12.5 Å². The molecule has 41 heavy (non-hydrogen) atoms. The molecule has 10 nitrogen and oxygen atoms in total. The molecule has 0 amide bonds. The molecular weight excluding hydrogens is 528 g/mol. The molecule has 3 aliphatic rings. The standard InChI is InChI=1S/C31H36N2O8/c1-7-10-32(11-8-2)33(12-9-3)41-29-21-16-24-23(39-18-40-24)15-20(21)27(28-22(29)17-38-31(28)34)19-13-25(35-4)30(37-6)26(14-19)36-5/h7-9,13-16,22,27-29H,1-3,10-12,17-18H2,4-6H3/t22-,27+,28-,29-/m0/s1. The van der Waals surface area contributed by atoms with E-state index in [-0.39, 0.29) is 25.3 Å². The normalized spacial score (nSPS) is 22.1. The molecule has 0 spiro atoms. The molecule has 2 aromatic carbocycles. The zero-order chi connectivity index (χ0) is 29.1. The number of ether oxygens (including phenoxy) is 6. The summed E-state index contributed by atoms with van der Waals surface area (Å²) >= 11 is 0. The maximum absolute atomic E-state index is 13.5. The van der Waals surface area contributed by atoms with Crippen LogP contribution in [0.25, 0.3) is 0 Å². The van der Waals surface area contributed by atoms with Crippen molar-refractivity contribution in [1.82, 2.24) is 10.2 Å². The maximum atomic E-state index is 13.5. The van der Waals surface area contributed by atoms with Crippen molar-refractivity contribution in [3.63, 3.8) is 0 Å². The molecule has 1 aliphatic carbocycles. The molecule has 2 aliphatic heterocycles. The predicted molar refractivity (Wildman–Crippen MR) is 151 cm³/mol. The summed E-state index contributed by atoms with van der Waals surface area (Å²) in [6, 6.07) is 7.64. The van der Waals surface area contributed by atoms with Crippen molar-refractivity contribution in [3.8, 4) is 28.7 Å². The molecule has 0 bridgehead atoms. The van der Waals surface area contributed by atoms with Crippen LogP contribution >= 0.6 is 0 Å². The van der Waals surface area contributed by atoms with Crippen LogP contribution in [0.2, 0.25) is 0 Å². The molecule has 218 valence electrons. The van der Waals surface area contributed by atoms with Gasteiger partial charge in [0.25, 0.3) is 0 Å². The van der Waals surface area contributed by atoms with Crippen LogP contribution < -0.4 is 23.7 Å². The van der Waals surface area contributed by atoms with Crippen LogP contribution in [0.15, 0.2) is 62.2 Å². The van der Waals surface area contributed by atoms with Gasteiger partial charge in [0.15, 0.2) is 23.0 Å². The van der Waals surface area contributed by atoms with Gasteiger partial charge in [-0.3, -0.25) is 9.63 Å². The Morgan fingerprint density at radius 3 is 2.02 bits per heavy atom. The lowest BCUT2D eigenvalue weighted by Gasteiger charge is -2.42. The summed E-state index contributed by atoms with van der Waals surface area (Å²) in [4.78, 5) is 20.2. The molecule has 5 rings (SSSR count). The second kappa shape index (κ2) is 12.3. The first-order valence-corrected chi connectivity index (χ1v) is 13.4. The van der Waals surface area contributed by atoms with E-state index in [1.807, 2.05) is 29.3 Å². The highest BCUT2D eigenvalue weighted by Crippen LogP contribution is 2.56. The van der Waals surface area contributed by atoms with E-state index in [1.165, 1.54) is 0 Å². The Hall–Kier alpha value is -3.99. The number of methoxy groups -OCH3 is 3. The van der Waals surface area contributed by atoms with E-state index in [0.29, 0.717) is 48.4 Å². The number of carbonyl (C=O) groups excluding carboxylic acids is 1. The zero-order valence-electron chi connectivity index (χ0n) is 23.7. The third kappa shape index (κ3) is 5.14. The smallest absolute Gasteiger partial charge is 0.310 e. The van der Waals surface area contributed by atoms with Crippen LogP contribution in [0.5, 0.6) is 28.7 Å². The number of rotatable bonds is 13. The van der Waals surface area contributed by atoms with Crippen molar-refractivity contribution in [3.05, 3.63) is 78.9 Å². The Bertz CT molecular complexity index is 1290. The van der Waals surface area contributed by atoms with Crippen LogP contribution in [0, 0.1) is 11.8 Å². The molecule has 2 heterocycles. The lowest BCUT2D eigenvalue weighted by Crippen LogP contribution is -2.46. The summed E-state index contributed by atoms with van der Waals surface area (Å²) in [7, 11) is 4.69. The monoisotopic (exact) mass is 564 g/mol. The molecule has 10 heteroatoms. The van der Waals surface area contributed by atoms with Crippen LogP contribution in [0.3, 0.4) is 0 Å². The number of hydrogen-bond acceptors (Lipinski definition) is 10. The van der Waals surface area contributed by atoms with Gasteiger partial charge in [0, 0.05) is 24.9 Å². The number of carbonyl (C=O) groups is 1. The van der Waals surface area contributed by atoms with E-state index in [4.69, 9.17) is 33.3 Å². The fourth-order valence-corrected chi connectivity index (χ4v) is 5.95. The largest absolute Gasteiger partial charge is 0.493 e. The van der Waals surface area contributed by atoms with E-state index in [2.05, 4.69) is 19.7 Å². The highest BCUT2D eigenvalue weighted by atomic mass is 16.7. The Kier molecular flexibility index (Phi) is 8.53. The lowest BCUT2D eigenvalue weighted by molar-refractivity contribution is -0.311. The van der Waals surface area contributed by atoms with Gasteiger partial charge >= 0.3 is 5.97 Å². The number of hydrogen-bond donors (Lipinski definition) is 0. The van der Waals surface area contributed by atoms with Gasteiger partial charge in [0.05, 0.1) is 40.4 Å². The summed E-state index contributed by atoms with van der Waals surface area (Å²) in [5, 5.41) is 3.71. The van der Waals surface area contributed by atoms with Crippen LogP contribution in [0.4, 0.5) is 0 Å². The Morgan fingerprint density at radius 1 is 0.854 bits per heavy atom. The topological polar surface area (TPSA) is 88.2 Å². The van der Waals surface area contributed by atoms with Gasteiger partial charge < -0.3 is 28.4 Å². The molecule has 1 saturated heterocycles. The minimum Gasteiger partial charge on any atom is -0.493 e. The first kappa shape index (κ1) is 28.5. The third-order valence-electron chi connectivity index (χ3n) is 7.68. The van der Waals surface area contributed by atoms with Gasteiger partial charge in [-0.15, -0.1) is 24.9 Å². The van der Waals surface area contributed by atoms with Gasteiger partial charge in [0.1, 0.15) is 6.10 Å². The number of benzene rings is 2. The Balaban J connectivity index is 1.68. The Morgan fingerprint density at radius 2 is 1.46 bits per heavy atom. The fraction of sp³-hybridized carbons (Fsp3) is 0.387. The van der Waals surface area contributed by atoms with Crippen LogP contribution in [0.1, 0.15) is 28.7 Å². The van der Waals surface area contributed by atoms with Gasteiger partial charge in [-0.05, 0) is 41.0 Å². The van der Waals surface area contributed by atoms with Crippen molar-refractivity contribution >= 4 is 5.97 Å². The average Bonchev–Trinajstić information content (AvgIpc) is 3.61. The highest BCUT2D eigenvalue weighted by Gasteiger charge is 2.54. The van der Waals surface area contributed by atoms with Crippen molar-refractivity contribution in [1.29, 1.82) is 0 Å². The van der Waals surface area contributed by atoms with E-state index >= 15 is 0 Å². The quantitative estimate of drug-likeness (QED) is 0.198. The molecule has 1 fully saturated rings. The maximum Gasteiger partial charge on any atom is 0.310 e. The van der Waals surface area contributed by atoms with E-state index < -0.39 is 17.9 Å². The SMILES string of the molecule is C=CCN(CC=C)N(CC=C)O[C@H]1c2cc3c(cc2[C@@H](c2cc(OC)c(OC)c(OC)c2)[C@H]2C(=O)OC[C@@H]21)OCO3. The molecule has 2 aromatic rings. The minimum atomic E-state index is -0.548. The van der Waals surface area contributed by atoms with Crippen LogP contribution in [-0.2, 0) is 14.4 Å². The fourth-order valence-electron chi connectivity index (χ4n) is 5.95. The number of cyclic esters (lactones) is 1. The summed E-state index contributed by atoms with van der Waals surface area (Å²) in [5.41, 5.74) is 2.56. The van der Waals surface area contributed by atoms with Crippen molar-refractivity contribution in [2.75, 3.05) is 54.4 Å². The van der Waals surface area contributed by atoms with Crippen molar-refractivity contribution in [2.45, 2.75) is 12.0 Å². The van der Waals surface area contributed by atoms with E-state index in [0.717, 1.165) is 16.7 Å². The number of nitrogens with zero attached hydrogens (tertiary/aromatic N) is 2. The predicted octanol–water partition coefficient (Wildman–Crippen LogP) is 4.43. The lowest BCUT2D eigenvalue weighted by atomic mass is 9.66. The van der Waals surface area contributed by atoms with Gasteiger partial charge in [-0.25, -0.2) is 5.01 Å². The number of hydroxylamine groups is 1. The zero-order valence-corrected chi connectivity index (χ0v) is 23.7. The second-order valence-corrected chi connectivity index (χ2v) is 9.89. The number of esters is 1. The number of hydrazine groups is 1. The molecular formula is C31H36N2O8. The number of fused-ring (bicyclic) bond motifs is 3. The van der Waals surface area contributed by atoms with Gasteiger partial charge in [-0.2, -0.15) is 0 Å². The molecule has 4 atom stereocenters. The van der Waals surface area contributed by atoms with Crippen LogP contribution in [-0.4, -0.2) is 70.5 Å². The first-order chi connectivity index (χ1) is 20.0. The Labute approximate surface area is 240 Å². The molecule has 0 unspecified atom stereocenters. The summed E-state index contributed by atoms with van der Waals surface area (Å²) < 4.78 is 34.1. The van der Waals surface area contributed by atoms with Gasteiger partial charge in [-0.1, -0.05) is 18.2 Å². The van der Waals surface area contributed by atoms with Crippen molar-refractivity contribution < 1.29 is 38.1 Å². The highest BCUT2D eigenvalue weighted by molar-refractivity contribution is 5.79. The van der Waals surface area contributed by atoms with E-state index in [9.17, 15) is 4.79 Å². The third-order valence-corrected chi connectivity index (χ3v) is 7.68. The average molecular weight is 565 g/mol. The summed E-state index contributed by atoms with van der Waals surface area (Å²) in [5.74, 6) is 1.13. The summed E-state index contributed by atoms with van der Waals surface area (Å²) in [6.45, 7) is 13.5. The first-order valence-electron chi connectivity index (χ1n) is 13.4. The minimum absolute atomic E-state index is 0.114. The second-order valence-electron chi connectivity index (χ2n) is 9.89. The molecule has 0 radical (unpaired) electrons. The van der Waals surface area contributed by atoms with Crippen molar-refractivity contribution in [2.24, 2.45) is 11.8 Å². The van der Waals surface area contributed by atoms with E-state index in [1.54, 1.807) is 44.7 Å². The molecule has 0 saturated carbocycles. The molecule has 0 N–H and O–H groups in total. The molecule has 0 aromatic heterocycles.